The van der Waals surface area contributed by atoms with Crippen LogP contribution in [0.5, 0.6) is 5.75 Å². The third kappa shape index (κ3) is 3.36. The molecule has 3 rings (SSSR count). The minimum atomic E-state index is -0.502. The molecule has 3 aromatic carbocycles. The molecule has 0 aliphatic carbocycles. The Morgan fingerprint density at radius 3 is 2.69 bits per heavy atom. The second-order valence-electron chi connectivity index (χ2n) is 5.68. The van der Waals surface area contributed by atoms with Crippen molar-refractivity contribution in [2.24, 2.45) is 5.10 Å². The van der Waals surface area contributed by atoms with Gasteiger partial charge in [-0.3, -0.25) is 14.9 Å². The maximum absolute atomic E-state index is 12.1. The summed E-state index contributed by atoms with van der Waals surface area (Å²) >= 11 is 0. The lowest BCUT2D eigenvalue weighted by Gasteiger charge is -2.04. The second kappa shape index (κ2) is 7.02. The van der Waals surface area contributed by atoms with E-state index in [1.165, 1.54) is 24.4 Å². The Morgan fingerprint density at radius 2 is 1.96 bits per heavy atom. The van der Waals surface area contributed by atoms with E-state index in [0.29, 0.717) is 16.5 Å². The molecule has 0 heterocycles. The molecule has 0 bridgehead atoms. The van der Waals surface area contributed by atoms with Gasteiger partial charge in [0.15, 0.2) is 0 Å². The fraction of sp³-hybridized carbons (Fsp3) is 0.0526. The first kappa shape index (κ1) is 17.1. The first-order valence-electron chi connectivity index (χ1n) is 7.76. The van der Waals surface area contributed by atoms with Crippen LogP contribution in [0, 0.1) is 17.0 Å². The summed E-state index contributed by atoms with van der Waals surface area (Å²) in [5.74, 6) is -0.424. The van der Waals surface area contributed by atoms with Crippen molar-refractivity contribution in [3.8, 4) is 5.75 Å². The highest BCUT2D eigenvalue weighted by molar-refractivity contribution is 5.98. The van der Waals surface area contributed by atoms with Gasteiger partial charge in [-0.25, -0.2) is 5.43 Å². The number of nitro groups is 1. The normalized spacial score (nSPS) is 11.0. The van der Waals surface area contributed by atoms with E-state index in [9.17, 15) is 20.0 Å². The molecule has 3 aromatic rings. The van der Waals surface area contributed by atoms with E-state index in [2.05, 4.69) is 10.5 Å². The predicted molar refractivity (Wildman–Crippen MR) is 98.5 cm³/mol. The molecule has 1 amide bonds. The third-order valence-corrected chi connectivity index (χ3v) is 3.96. The molecule has 26 heavy (non-hydrogen) atoms. The molecule has 0 fully saturated rings. The summed E-state index contributed by atoms with van der Waals surface area (Å²) in [5.41, 5.74) is 3.41. The van der Waals surface area contributed by atoms with E-state index in [1.807, 2.05) is 24.3 Å². The molecule has 0 saturated heterocycles. The largest absolute Gasteiger partial charge is 0.507 e. The Balaban J connectivity index is 1.76. The molecule has 7 nitrogen and oxygen atoms in total. The van der Waals surface area contributed by atoms with Gasteiger partial charge in [-0.05, 0) is 30.5 Å². The highest BCUT2D eigenvalue weighted by atomic mass is 16.6. The van der Waals surface area contributed by atoms with Crippen LogP contribution in [0.4, 0.5) is 5.69 Å². The van der Waals surface area contributed by atoms with Gasteiger partial charge in [-0.2, -0.15) is 5.10 Å². The molecule has 0 aliphatic rings. The number of aromatic hydroxyl groups is 1. The van der Waals surface area contributed by atoms with Crippen LogP contribution in [0.25, 0.3) is 10.8 Å². The van der Waals surface area contributed by atoms with Gasteiger partial charge in [0.05, 0.1) is 11.1 Å². The number of phenols is 1. The lowest BCUT2D eigenvalue weighted by molar-refractivity contribution is -0.385. The minimum absolute atomic E-state index is 0.0499. The van der Waals surface area contributed by atoms with E-state index < -0.39 is 10.8 Å². The monoisotopic (exact) mass is 349 g/mol. The zero-order chi connectivity index (χ0) is 18.7. The topological polar surface area (TPSA) is 105 Å². The molecular formula is C19H15N3O4. The number of phenolic OH excluding ortho intramolecular Hbond substituents is 1. The first-order chi connectivity index (χ1) is 12.5. The summed E-state index contributed by atoms with van der Waals surface area (Å²) in [5, 5.41) is 26.5. The molecule has 0 spiro atoms. The number of hydrogen-bond acceptors (Lipinski definition) is 5. The van der Waals surface area contributed by atoms with Crippen LogP contribution in [0.15, 0.2) is 59.7 Å². The van der Waals surface area contributed by atoms with Crippen LogP contribution in [-0.2, 0) is 0 Å². The number of nitrogens with zero attached hydrogens (tertiary/aromatic N) is 2. The fourth-order valence-electron chi connectivity index (χ4n) is 2.60. The van der Waals surface area contributed by atoms with Crippen molar-refractivity contribution < 1.29 is 14.8 Å². The molecule has 130 valence electrons. The number of benzene rings is 3. The fourth-order valence-corrected chi connectivity index (χ4v) is 2.60. The number of fused-ring (bicyclic) bond motifs is 1. The first-order valence-corrected chi connectivity index (χ1v) is 7.76. The van der Waals surface area contributed by atoms with Gasteiger partial charge in [-0.15, -0.1) is 0 Å². The lowest BCUT2D eigenvalue weighted by atomic mass is 10.1. The Kier molecular flexibility index (Phi) is 4.62. The smallest absolute Gasteiger partial charge is 0.272 e. The number of hydrazone groups is 1. The Hall–Kier alpha value is -3.74. The number of carbonyl (C=O) groups is 1. The highest BCUT2D eigenvalue weighted by Crippen LogP contribution is 2.27. The van der Waals surface area contributed by atoms with Gasteiger partial charge in [0.2, 0.25) is 0 Å². The molecular weight excluding hydrogens is 334 g/mol. The van der Waals surface area contributed by atoms with Crippen LogP contribution >= 0.6 is 0 Å². The van der Waals surface area contributed by atoms with E-state index >= 15 is 0 Å². The van der Waals surface area contributed by atoms with Crippen LogP contribution < -0.4 is 5.43 Å². The van der Waals surface area contributed by atoms with Crippen molar-refractivity contribution in [3.63, 3.8) is 0 Å². The summed E-state index contributed by atoms with van der Waals surface area (Å²) in [4.78, 5) is 22.4. The third-order valence-electron chi connectivity index (χ3n) is 3.96. The van der Waals surface area contributed by atoms with E-state index in [4.69, 9.17) is 0 Å². The van der Waals surface area contributed by atoms with Crippen molar-refractivity contribution in [2.75, 3.05) is 0 Å². The second-order valence-corrected chi connectivity index (χ2v) is 5.68. The maximum atomic E-state index is 12.1. The quantitative estimate of drug-likeness (QED) is 0.427. The van der Waals surface area contributed by atoms with E-state index in [0.717, 1.165) is 5.39 Å². The minimum Gasteiger partial charge on any atom is -0.507 e. The van der Waals surface area contributed by atoms with Crippen molar-refractivity contribution in [1.82, 2.24) is 5.43 Å². The summed E-state index contributed by atoms with van der Waals surface area (Å²) in [7, 11) is 0. The number of amides is 1. The van der Waals surface area contributed by atoms with Crippen LogP contribution in [0.2, 0.25) is 0 Å². The van der Waals surface area contributed by atoms with Gasteiger partial charge in [0.1, 0.15) is 5.75 Å². The number of hydrogen-bond donors (Lipinski definition) is 2. The zero-order valence-corrected chi connectivity index (χ0v) is 13.8. The van der Waals surface area contributed by atoms with Crippen LogP contribution in [0.1, 0.15) is 21.5 Å². The number of rotatable bonds is 4. The summed E-state index contributed by atoms with van der Waals surface area (Å²) < 4.78 is 0. The SMILES string of the molecule is Cc1cc(C(=O)NN=Cc2ccc3ccccc3c2O)ccc1[N+](=O)[O-]. The zero-order valence-electron chi connectivity index (χ0n) is 13.8. The van der Waals surface area contributed by atoms with Crippen molar-refractivity contribution in [3.05, 3.63) is 81.4 Å². The summed E-state index contributed by atoms with van der Waals surface area (Å²) in [6, 6.07) is 15.0. The molecule has 0 saturated carbocycles. The maximum Gasteiger partial charge on any atom is 0.272 e. The number of aryl methyl sites for hydroxylation is 1. The molecule has 0 aromatic heterocycles. The predicted octanol–water partition coefficient (Wildman–Crippen LogP) is 3.53. The average Bonchev–Trinajstić information content (AvgIpc) is 2.63. The van der Waals surface area contributed by atoms with Crippen molar-refractivity contribution >= 4 is 28.6 Å². The van der Waals surface area contributed by atoms with Gasteiger partial charge in [0.25, 0.3) is 11.6 Å². The molecule has 7 heteroatoms. The van der Waals surface area contributed by atoms with Crippen molar-refractivity contribution in [1.29, 1.82) is 0 Å². The number of carbonyl (C=O) groups excluding carboxylic acids is 1. The lowest BCUT2D eigenvalue weighted by Crippen LogP contribution is -2.17. The van der Waals surface area contributed by atoms with Gasteiger partial charge in [0, 0.05) is 28.1 Å². The Bertz CT molecular complexity index is 1040. The van der Waals surface area contributed by atoms with E-state index in [1.54, 1.807) is 19.1 Å². The molecule has 0 unspecified atom stereocenters. The summed E-state index contributed by atoms with van der Waals surface area (Å²) in [6.45, 7) is 1.56. The van der Waals surface area contributed by atoms with Gasteiger partial charge in [-0.1, -0.05) is 30.3 Å². The standard InChI is InChI=1S/C19H15N3O4/c1-12-10-14(8-9-17(12)22(25)26)19(24)21-20-11-15-7-6-13-4-2-3-5-16(13)18(15)23/h2-11,23H,1H3,(H,21,24). The van der Waals surface area contributed by atoms with Crippen molar-refractivity contribution in [2.45, 2.75) is 6.92 Å². The van der Waals surface area contributed by atoms with Crippen LogP contribution in [0.3, 0.4) is 0 Å². The number of nitro benzene ring substituents is 1. The molecule has 0 atom stereocenters. The van der Waals surface area contributed by atoms with Crippen LogP contribution in [-0.4, -0.2) is 22.2 Å². The summed E-state index contributed by atoms with van der Waals surface area (Å²) in [6.07, 6.45) is 1.35. The molecule has 2 N–H and O–H groups in total. The molecule has 0 aliphatic heterocycles. The number of nitrogens with one attached hydrogen (secondary N) is 1. The highest BCUT2D eigenvalue weighted by Gasteiger charge is 2.13. The Labute approximate surface area is 148 Å². The average molecular weight is 349 g/mol. The Morgan fingerprint density at radius 1 is 1.19 bits per heavy atom. The van der Waals surface area contributed by atoms with Gasteiger partial charge < -0.3 is 5.11 Å². The molecule has 0 radical (unpaired) electrons. The van der Waals surface area contributed by atoms with E-state index in [-0.39, 0.29) is 17.0 Å². The van der Waals surface area contributed by atoms with Gasteiger partial charge >= 0.3 is 0 Å².